The highest BCUT2D eigenvalue weighted by Gasteiger charge is 2.28. The lowest BCUT2D eigenvalue weighted by Crippen LogP contribution is -2.12. The molecule has 0 unspecified atom stereocenters. The van der Waals surface area contributed by atoms with Gasteiger partial charge in [0.1, 0.15) is 4.90 Å². The zero-order chi connectivity index (χ0) is 15.0. The Labute approximate surface area is 124 Å². The molecule has 0 bridgehead atoms. The summed E-state index contributed by atoms with van der Waals surface area (Å²) >= 11 is 0. The van der Waals surface area contributed by atoms with E-state index in [9.17, 15) is 8.42 Å². The summed E-state index contributed by atoms with van der Waals surface area (Å²) in [6, 6.07) is 14.5. The van der Waals surface area contributed by atoms with Gasteiger partial charge in [0.2, 0.25) is 0 Å². The van der Waals surface area contributed by atoms with E-state index in [-0.39, 0.29) is 4.90 Å². The van der Waals surface area contributed by atoms with Crippen LogP contribution in [0.15, 0.2) is 57.8 Å². The van der Waals surface area contributed by atoms with E-state index in [1.807, 2.05) is 43.3 Å². The minimum absolute atomic E-state index is 0.248. The van der Waals surface area contributed by atoms with Gasteiger partial charge in [0, 0.05) is 31.0 Å². The summed E-state index contributed by atoms with van der Waals surface area (Å²) in [7, 11) is 0.350. The summed E-state index contributed by atoms with van der Waals surface area (Å²) in [5.41, 5.74) is 2.47. The third-order valence-electron chi connectivity index (χ3n) is 3.28. The SMILES string of the molecule is CN(C)c1ccc(NC2=NS(=O)(=O)c3ccccc32)cc1. The average Bonchev–Trinajstić information content (AvgIpc) is 2.71. The van der Waals surface area contributed by atoms with Gasteiger partial charge in [-0.05, 0) is 36.4 Å². The lowest BCUT2D eigenvalue weighted by molar-refractivity contribution is 0.599. The van der Waals surface area contributed by atoms with Crippen molar-refractivity contribution in [3.63, 3.8) is 0 Å². The molecular formula is C15H15N3O2S. The second-order valence-electron chi connectivity index (χ2n) is 4.98. The molecule has 0 radical (unpaired) electrons. The van der Waals surface area contributed by atoms with Crippen LogP contribution in [0.1, 0.15) is 5.56 Å². The first-order valence-electron chi connectivity index (χ1n) is 6.46. The van der Waals surface area contributed by atoms with Gasteiger partial charge in [-0.25, -0.2) is 0 Å². The van der Waals surface area contributed by atoms with Gasteiger partial charge in [0.15, 0.2) is 5.84 Å². The number of hydrogen-bond donors (Lipinski definition) is 1. The molecule has 2 aromatic carbocycles. The normalized spacial score (nSPS) is 15.2. The first-order valence-corrected chi connectivity index (χ1v) is 7.90. The molecular weight excluding hydrogens is 286 g/mol. The monoisotopic (exact) mass is 301 g/mol. The minimum atomic E-state index is -3.58. The molecule has 0 spiro atoms. The van der Waals surface area contributed by atoms with E-state index >= 15 is 0 Å². The van der Waals surface area contributed by atoms with Crippen LogP contribution < -0.4 is 10.2 Å². The van der Waals surface area contributed by atoms with Crippen molar-refractivity contribution in [1.29, 1.82) is 0 Å². The lowest BCUT2D eigenvalue weighted by Gasteiger charge is -2.13. The topological polar surface area (TPSA) is 61.8 Å². The zero-order valence-corrected chi connectivity index (χ0v) is 12.6. The Bertz CT molecular complexity index is 809. The number of amidine groups is 1. The molecule has 2 aromatic rings. The molecule has 0 fully saturated rings. The first kappa shape index (κ1) is 13.6. The Morgan fingerprint density at radius 1 is 1.00 bits per heavy atom. The van der Waals surface area contributed by atoms with Crippen LogP contribution in [-0.2, 0) is 10.0 Å². The van der Waals surface area contributed by atoms with Gasteiger partial charge >= 0.3 is 0 Å². The number of fused-ring (bicyclic) bond motifs is 1. The van der Waals surface area contributed by atoms with E-state index in [1.165, 1.54) is 0 Å². The fourth-order valence-corrected chi connectivity index (χ4v) is 3.35. The number of nitrogens with zero attached hydrogens (tertiary/aromatic N) is 2. The van der Waals surface area contributed by atoms with Crippen molar-refractivity contribution < 1.29 is 8.42 Å². The fourth-order valence-electron chi connectivity index (χ4n) is 2.18. The summed E-state index contributed by atoms with van der Waals surface area (Å²) in [5.74, 6) is 0.364. The standard InChI is InChI=1S/C15H15N3O2S/c1-18(2)12-9-7-11(8-10-12)16-15-13-5-3-4-6-14(13)21(19,20)17-15/h3-10H,1-2H3,(H,16,17). The second-order valence-corrected chi connectivity index (χ2v) is 6.55. The molecule has 1 aliphatic heterocycles. The van der Waals surface area contributed by atoms with Crippen LogP contribution in [-0.4, -0.2) is 28.3 Å². The molecule has 1 N–H and O–H groups in total. The van der Waals surface area contributed by atoms with Gasteiger partial charge in [-0.1, -0.05) is 12.1 Å². The van der Waals surface area contributed by atoms with Crippen molar-refractivity contribution in [3.05, 3.63) is 54.1 Å². The third-order valence-corrected chi connectivity index (χ3v) is 4.61. The molecule has 21 heavy (non-hydrogen) atoms. The Kier molecular flexibility index (Phi) is 3.17. The Balaban J connectivity index is 1.93. The number of anilines is 2. The molecule has 0 amide bonds. The van der Waals surface area contributed by atoms with Crippen LogP contribution in [0.4, 0.5) is 11.4 Å². The lowest BCUT2D eigenvalue weighted by atomic mass is 10.2. The second kappa shape index (κ2) is 4.89. The molecule has 0 saturated heterocycles. The summed E-state index contributed by atoms with van der Waals surface area (Å²) < 4.78 is 27.7. The van der Waals surface area contributed by atoms with E-state index in [0.29, 0.717) is 11.4 Å². The molecule has 3 rings (SSSR count). The van der Waals surface area contributed by atoms with E-state index in [2.05, 4.69) is 9.71 Å². The molecule has 6 heteroatoms. The van der Waals surface area contributed by atoms with Gasteiger partial charge in [0.25, 0.3) is 10.0 Å². The summed E-state index contributed by atoms with van der Waals surface area (Å²) in [5, 5.41) is 3.07. The van der Waals surface area contributed by atoms with Gasteiger partial charge in [-0.3, -0.25) is 0 Å². The molecule has 1 aliphatic rings. The highest BCUT2D eigenvalue weighted by Crippen LogP contribution is 2.27. The largest absolute Gasteiger partial charge is 0.378 e. The van der Waals surface area contributed by atoms with Crippen LogP contribution in [0.3, 0.4) is 0 Å². The Morgan fingerprint density at radius 3 is 2.33 bits per heavy atom. The van der Waals surface area contributed by atoms with Crippen molar-refractivity contribution in [2.24, 2.45) is 4.40 Å². The number of rotatable bonds is 2. The maximum atomic E-state index is 12.0. The van der Waals surface area contributed by atoms with Crippen molar-refractivity contribution in [1.82, 2.24) is 0 Å². The van der Waals surface area contributed by atoms with Crippen LogP contribution in [0, 0.1) is 0 Å². The number of benzene rings is 2. The number of nitrogens with one attached hydrogen (secondary N) is 1. The quantitative estimate of drug-likeness (QED) is 0.924. The first-order chi connectivity index (χ1) is 9.97. The van der Waals surface area contributed by atoms with Crippen molar-refractivity contribution in [2.75, 3.05) is 24.3 Å². The van der Waals surface area contributed by atoms with Gasteiger partial charge < -0.3 is 10.2 Å². The van der Waals surface area contributed by atoms with Gasteiger partial charge in [-0.2, -0.15) is 8.42 Å². The summed E-state index contributed by atoms with van der Waals surface area (Å²) in [4.78, 5) is 2.24. The van der Waals surface area contributed by atoms with Crippen LogP contribution >= 0.6 is 0 Å². The predicted octanol–water partition coefficient (Wildman–Crippen LogP) is 2.31. The molecule has 1 heterocycles. The molecule has 0 aromatic heterocycles. The maximum absolute atomic E-state index is 12.0. The van der Waals surface area contributed by atoms with Crippen LogP contribution in [0.2, 0.25) is 0 Å². The number of sulfonamides is 1. The van der Waals surface area contributed by atoms with Gasteiger partial charge in [0.05, 0.1) is 0 Å². The highest BCUT2D eigenvalue weighted by molar-refractivity contribution is 7.90. The Morgan fingerprint density at radius 2 is 1.67 bits per heavy atom. The number of hydrogen-bond acceptors (Lipinski definition) is 4. The minimum Gasteiger partial charge on any atom is -0.378 e. The maximum Gasteiger partial charge on any atom is 0.285 e. The van der Waals surface area contributed by atoms with E-state index in [4.69, 9.17) is 0 Å². The summed E-state index contributed by atoms with van der Waals surface area (Å²) in [6.07, 6.45) is 0. The molecule has 0 atom stereocenters. The van der Waals surface area contributed by atoms with Crippen molar-refractivity contribution in [2.45, 2.75) is 4.90 Å². The van der Waals surface area contributed by atoms with Crippen LogP contribution in [0.25, 0.3) is 0 Å². The van der Waals surface area contributed by atoms with Gasteiger partial charge in [-0.15, -0.1) is 4.40 Å². The van der Waals surface area contributed by atoms with E-state index < -0.39 is 10.0 Å². The zero-order valence-electron chi connectivity index (χ0n) is 11.7. The predicted molar refractivity (Wildman–Crippen MR) is 84.6 cm³/mol. The summed E-state index contributed by atoms with van der Waals surface area (Å²) in [6.45, 7) is 0. The third kappa shape index (κ3) is 2.50. The molecule has 108 valence electrons. The molecule has 0 aliphatic carbocycles. The van der Waals surface area contributed by atoms with Crippen LogP contribution in [0.5, 0.6) is 0 Å². The molecule has 5 nitrogen and oxygen atoms in total. The van der Waals surface area contributed by atoms with E-state index in [1.54, 1.807) is 24.3 Å². The Hall–Kier alpha value is -2.34. The van der Waals surface area contributed by atoms with Crippen molar-refractivity contribution in [3.8, 4) is 0 Å². The average molecular weight is 301 g/mol. The van der Waals surface area contributed by atoms with Crippen molar-refractivity contribution >= 4 is 27.2 Å². The smallest absolute Gasteiger partial charge is 0.285 e. The van der Waals surface area contributed by atoms with E-state index in [0.717, 1.165) is 11.4 Å². The fraction of sp³-hybridized carbons (Fsp3) is 0.133. The highest BCUT2D eigenvalue weighted by atomic mass is 32.2. The molecule has 0 saturated carbocycles.